The molecule has 1 atom stereocenters. The molecule has 20 heavy (non-hydrogen) atoms. The van der Waals surface area contributed by atoms with E-state index in [1.54, 1.807) is 32.0 Å². The summed E-state index contributed by atoms with van der Waals surface area (Å²) in [6.07, 6.45) is 0. The van der Waals surface area contributed by atoms with Gasteiger partial charge in [-0.15, -0.1) is 0 Å². The van der Waals surface area contributed by atoms with E-state index < -0.39 is 12.0 Å². The Morgan fingerprint density at radius 3 is 2.70 bits per heavy atom. The van der Waals surface area contributed by atoms with Crippen molar-refractivity contribution < 1.29 is 19.1 Å². The second-order valence-electron chi connectivity index (χ2n) is 4.24. The zero-order valence-corrected chi connectivity index (χ0v) is 12.5. The third kappa shape index (κ3) is 5.09. The lowest BCUT2D eigenvalue weighted by molar-refractivity contribution is -0.147. The van der Waals surface area contributed by atoms with Gasteiger partial charge in [0, 0.05) is 5.02 Å². The molecular weight excluding hydrogens is 282 g/mol. The quantitative estimate of drug-likeness (QED) is 0.817. The van der Waals surface area contributed by atoms with E-state index in [4.69, 9.17) is 21.1 Å². The Hall–Kier alpha value is -1.75. The average Bonchev–Trinajstić information content (AvgIpc) is 2.37. The van der Waals surface area contributed by atoms with Gasteiger partial charge in [0.2, 0.25) is 0 Å². The van der Waals surface area contributed by atoms with Gasteiger partial charge in [-0.2, -0.15) is 0 Å². The van der Waals surface area contributed by atoms with Gasteiger partial charge in [0.25, 0.3) is 5.91 Å². The minimum atomic E-state index is -0.697. The predicted molar refractivity (Wildman–Crippen MR) is 75.9 cm³/mol. The van der Waals surface area contributed by atoms with Crippen LogP contribution in [0, 0.1) is 6.92 Å². The molecule has 0 aliphatic rings. The van der Waals surface area contributed by atoms with Crippen molar-refractivity contribution in [3.05, 3.63) is 28.8 Å². The van der Waals surface area contributed by atoms with Crippen molar-refractivity contribution in [2.75, 3.05) is 13.2 Å². The van der Waals surface area contributed by atoms with E-state index in [0.29, 0.717) is 10.8 Å². The maximum atomic E-state index is 11.6. The Balaban J connectivity index is 2.45. The van der Waals surface area contributed by atoms with E-state index in [-0.39, 0.29) is 19.1 Å². The third-order valence-electron chi connectivity index (χ3n) is 2.51. The number of halogens is 1. The zero-order valence-electron chi connectivity index (χ0n) is 11.7. The fourth-order valence-electron chi connectivity index (χ4n) is 1.53. The van der Waals surface area contributed by atoms with Gasteiger partial charge < -0.3 is 14.8 Å². The molecule has 0 bridgehead atoms. The first-order chi connectivity index (χ1) is 9.43. The summed E-state index contributed by atoms with van der Waals surface area (Å²) < 4.78 is 10.2. The Morgan fingerprint density at radius 1 is 1.40 bits per heavy atom. The molecule has 0 saturated carbocycles. The van der Waals surface area contributed by atoms with Crippen molar-refractivity contribution >= 4 is 23.5 Å². The van der Waals surface area contributed by atoms with Gasteiger partial charge in [-0.1, -0.05) is 11.6 Å². The number of rotatable bonds is 6. The number of carbonyl (C=O) groups is 2. The van der Waals surface area contributed by atoms with Crippen LogP contribution in [0.4, 0.5) is 0 Å². The molecule has 0 heterocycles. The van der Waals surface area contributed by atoms with Crippen molar-refractivity contribution in [2.45, 2.75) is 26.8 Å². The Morgan fingerprint density at radius 2 is 2.10 bits per heavy atom. The summed E-state index contributed by atoms with van der Waals surface area (Å²) in [5, 5.41) is 3.11. The minimum Gasteiger partial charge on any atom is -0.484 e. The highest BCUT2D eigenvalue weighted by Crippen LogP contribution is 2.21. The molecule has 0 saturated heterocycles. The van der Waals surface area contributed by atoms with E-state index in [2.05, 4.69) is 5.32 Å². The normalized spacial score (nSPS) is 11.6. The van der Waals surface area contributed by atoms with E-state index in [1.807, 2.05) is 6.92 Å². The molecule has 0 fully saturated rings. The Labute approximate surface area is 123 Å². The molecule has 0 radical (unpaired) electrons. The molecule has 110 valence electrons. The van der Waals surface area contributed by atoms with E-state index in [9.17, 15) is 9.59 Å². The summed E-state index contributed by atoms with van der Waals surface area (Å²) in [6, 6.07) is 4.43. The lowest BCUT2D eigenvalue weighted by atomic mass is 10.2. The summed E-state index contributed by atoms with van der Waals surface area (Å²) >= 11 is 5.83. The molecule has 1 N–H and O–H groups in total. The Bertz CT molecular complexity index is 490. The molecule has 1 aromatic rings. The lowest BCUT2D eigenvalue weighted by Gasteiger charge is -2.13. The first kappa shape index (κ1) is 16.3. The number of carbonyl (C=O) groups excluding carboxylic acids is 2. The number of hydrogen-bond acceptors (Lipinski definition) is 4. The third-order valence-corrected chi connectivity index (χ3v) is 2.75. The lowest BCUT2D eigenvalue weighted by Crippen LogP contribution is -2.41. The fraction of sp³-hybridized carbons (Fsp3) is 0.429. The largest absolute Gasteiger partial charge is 0.484 e. The van der Waals surface area contributed by atoms with Crippen LogP contribution in [0.15, 0.2) is 18.2 Å². The van der Waals surface area contributed by atoms with Crippen LogP contribution in [0.1, 0.15) is 19.4 Å². The molecular formula is C14H18ClNO4. The number of amides is 1. The van der Waals surface area contributed by atoms with Crippen LogP contribution >= 0.6 is 11.6 Å². The smallest absolute Gasteiger partial charge is 0.328 e. The van der Waals surface area contributed by atoms with E-state index >= 15 is 0 Å². The molecule has 6 heteroatoms. The molecule has 1 unspecified atom stereocenters. The predicted octanol–water partition coefficient (Wildman–Crippen LogP) is 2.10. The van der Waals surface area contributed by atoms with Crippen LogP contribution in [0.5, 0.6) is 5.75 Å². The van der Waals surface area contributed by atoms with Crippen LogP contribution in [-0.4, -0.2) is 31.1 Å². The van der Waals surface area contributed by atoms with Crippen LogP contribution < -0.4 is 10.1 Å². The molecule has 1 rings (SSSR count). The standard InChI is InChI=1S/C14H18ClNO4/c1-4-19-14(18)10(3)16-13(17)8-20-12-6-5-11(15)7-9(12)2/h5-7,10H,4,8H2,1-3H3,(H,16,17). The maximum absolute atomic E-state index is 11.6. The van der Waals surface area contributed by atoms with Gasteiger partial charge in [-0.25, -0.2) is 4.79 Å². The number of esters is 1. The fourth-order valence-corrected chi connectivity index (χ4v) is 1.75. The van der Waals surface area contributed by atoms with Gasteiger partial charge in [-0.3, -0.25) is 4.79 Å². The van der Waals surface area contributed by atoms with Gasteiger partial charge in [0.1, 0.15) is 11.8 Å². The molecule has 0 spiro atoms. The molecule has 0 aliphatic heterocycles. The van der Waals surface area contributed by atoms with Crippen molar-refractivity contribution in [1.29, 1.82) is 0 Å². The van der Waals surface area contributed by atoms with Gasteiger partial charge in [-0.05, 0) is 44.5 Å². The molecule has 1 aromatic carbocycles. The van der Waals surface area contributed by atoms with Crippen molar-refractivity contribution in [3.8, 4) is 5.75 Å². The monoisotopic (exact) mass is 299 g/mol. The average molecular weight is 300 g/mol. The SMILES string of the molecule is CCOC(=O)C(C)NC(=O)COc1ccc(Cl)cc1C. The molecule has 0 aromatic heterocycles. The van der Waals surface area contributed by atoms with E-state index in [1.165, 1.54) is 0 Å². The van der Waals surface area contributed by atoms with Gasteiger partial charge >= 0.3 is 5.97 Å². The minimum absolute atomic E-state index is 0.174. The maximum Gasteiger partial charge on any atom is 0.328 e. The van der Waals surface area contributed by atoms with Gasteiger partial charge in [0.05, 0.1) is 6.61 Å². The van der Waals surface area contributed by atoms with Crippen molar-refractivity contribution in [2.24, 2.45) is 0 Å². The second-order valence-corrected chi connectivity index (χ2v) is 4.68. The highest BCUT2D eigenvalue weighted by Gasteiger charge is 2.16. The number of benzene rings is 1. The van der Waals surface area contributed by atoms with E-state index in [0.717, 1.165) is 5.56 Å². The topological polar surface area (TPSA) is 64.6 Å². The summed E-state index contributed by atoms with van der Waals surface area (Å²) in [4.78, 5) is 23.0. The second kappa shape index (κ2) is 7.75. The highest BCUT2D eigenvalue weighted by molar-refractivity contribution is 6.30. The number of hydrogen-bond donors (Lipinski definition) is 1. The van der Waals surface area contributed by atoms with Gasteiger partial charge in [0.15, 0.2) is 6.61 Å². The summed E-state index contributed by atoms with van der Waals surface area (Å²) in [7, 11) is 0. The zero-order chi connectivity index (χ0) is 15.1. The van der Waals surface area contributed by atoms with Crippen LogP contribution in [0.25, 0.3) is 0 Å². The number of nitrogens with one attached hydrogen (secondary N) is 1. The summed E-state index contributed by atoms with van der Waals surface area (Å²) in [5.74, 6) is -0.281. The number of aryl methyl sites for hydroxylation is 1. The molecule has 5 nitrogen and oxygen atoms in total. The number of ether oxygens (including phenoxy) is 2. The Kier molecular flexibility index (Phi) is 6.31. The van der Waals surface area contributed by atoms with Crippen LogP contribution in [-0.2, 0) is 14.3 Å². The molecule has 0 aliphatic carbocycles. The van der Waals surface area contributed by atoms with Crippen LogP contribution in [0.3, 0.4) is 0 Å². The molecule has 1 amide bonds. The summed E-state index contributed by atoms with van der Waals surface area (Å²) in [5.41, 5.74) is 0.837. The van der Waals surface area contributed by atoms with Crippen molar-refractivity contribution in [1.82, 2.24) is 5.32 Å². The first-order valence-corrected chi connectivity index (χ1v) is 6.66. The summed E-state index contributed by atoms with van der Waals surface area (Å²) in [6.45, 7) is 5.20. The first-order valence-electron chi connectivity index (χ1n) is 6.29. The van der Waals surface area contributed by atoms with Crippen LogP contribution in [0.2, 0.25) is 5.02 Å². The van der Waals surface area contributed by atoms with Crippen molar-refractivity contribution in [3.63, 3.8) is 0 Å². The highest BCUT2D eigenvalue weighted by atomic mass is 35.5.